The van der Waals surface area contributed by atoms with Crippen molar-refractivity contribution in [2.24, 2.45) is 0 Å². The fraction of sp³-hybridized carbons (Fsp3) is 0.357. The Morgan fingerprint density at radius 1 is 1.47 bits per heavy atom. The Morgan fingerprint density at radius 2 is 2.26 bits per heavy atom. The van der Waals surface area contributed by atoms with Crippen molar-refractivity contribution >= 4 is 28.5 Å². The number of amides is 1. The second kappa shape index (κ2) is 6.08. The van der Waals surface area contributed by atoms with Crippen LogP contribution in [0.25, 0.3) is 11.0 Å². The minimum absolute atomic E-state index is 0.221. The third-order valence-corrected chi connectivity index (χ3v) is 3.23. The van der Waals surface area contributed by atoms with Crippen molar-refractivity contribution < 1.29 is 13.9 Å². The second-order valence-corrected chi connectivity index (χ2v) is 4.68. The predicted molar refractivity (Wildman–Crippen MR) is 74.8 cm³/mol. The van der Waals surface area contributed by atoms with Crippen LogP contribution in [0.2, 0.25) is 5.02 Å². The molecule has 0 fully saturated rings. The first-order valence-corrected chi connectivity index (χ1v) is 6.47. The quantitative estimate of drug-likeness (QED) is 0.857. The zero-order valence-corrected chi connectivity index (χ0v) is 11.7. The number of aryl methyl sites for hydroxylation is 1. The first kappa shape index (κ1) is 13.9. The number of ether oxygens (including phenoxy) is 1. The van der Waals surface area contributed by atoms with Gasteiger partial charge in [-0.2, -0.15) is 0 Å². The lowest BCUT2D eigenvalue weighted by atomic mass is 10.1. The molecule has 1 heterocycles. The van der Waals surface area contributed by atoms with Crippen LogP contribution in [0.3, 0.4) is 0 Å². The Kier molecular flexibility index (Phi) is 4.45. The van der Waals surface area contributed by atoms with Gasteiger partial charge in [0.05, 0.1) is 5.02 Å². The fourth-order valence-corrected chi connectivity index (χ4v) is 2.14. The summed E-state index contributed by atoms with van der Waals surface area (Å²) >= 11 is 6.05. The molecular weight excluding hydrogens is 266 g/mol. The summed E-state index contributed by atoms with van der Waals surface area (Å²) in [5, 5.41) is 4.18. The molecule has 1 N–H and O–H groups in total. The zero-order valence-electron chi connectivity index (χ0n) is 11.0. The van der Waals surface area contributed by atoms with E-state index in [4.69, 9.17) is 20.8 Å². The number of hydrogen-bond donors (Lipinski definition) is 1. The minimum Gasteiger partial charge on any atom is -0.449 e. The van der Waals surface area contributed by atoms with Gasteiger partial charge < -0.3 is 14.5 Å². The molecule has 0 bridgehead atoms. The summed E-state index contributed by atoms with van der Waals surface area (Å²) in [5.41, 5.74) is 1.37. The molecule has 1 aromatic heterocycles. The molecule has 0 saturated carbocycles. The molecule has 102 valence electrons. The Morgan fingerprint density at radius 3 is 2.95 bits per heavy atom. The highest BCUT2D eigenvalue weighted by molar-refractivity contribution is 6.35. The molecule has 2 aromatic rings. The number of benzene rings is 1. The predicted octanol–water partition coefficient (Wildman–Crippen LogP) is 3.16. The van der Waals surface area contributed by atoms with Crippen LogP contribution in [-0.4, -0.2) is 26.2 Å². The van der Waals surface area contributed by atoms with Gasteiger partial charge in [-0.05, 0) is 19.4 Å². The molecule has 0 aliphatic carbocycles. The lowest BCUT2D eigenvalue weighted by molar-refractivity contribution is 0.0922. The van der Waals surface area contributed by atoms with E-state index >= 15 is 0 Å². The summed E-state index contributed by atoms with van der Waals surface area (Å²) in [7, 11) is 1.63. The van der Waals surface area contributed by atoms with Gasteiger partial charge in [-0.3, -0.25) is 4.79 Å². The van der Waals surface area contributed by atoms with Crippen LogP contribution in [0.5, 0.6) is 0 Å². The molecule has 0 aliphatic heterocycles. The van der Waals surface area contributed by atoms with Crippen LogP contribution in [0, 0.1) is 6.92 Å². The number of hydrogen-bond acceptors (Lipinski definition) is 3. The van der Waals surface area contributed by atoms with E-state index in [1.807, 2.05) is 19.1 Å². The molecule has 0 atom stereocenters. The largest absolute Gasteiger partial charge is 0.449 e. The molecule has 1 amide bonds. The van der Waals surface area contributed by atoms with Gasteiger partial charge in [-0.15, -0.1) is 0 Å². The van der Waals surface area contributed by atoms with E-state index in [1.165, 1.54) is 0 Å². The average Bonchev–Trinajstić information content (AvgIpc) is 2.74. The normalized spacial score (nSPS) is 10.9. The molecule has 19 heavy (non-hydrogen) atoms. The molecule has 0 spiro atoms. The van der Waals surface area contributed by atoms with Gasteiger partial charge in [-0.1, -0.05) is 23.7 Å². The van der Waals surface area contributed by atoms with Crippen molar-refractivity contribution in [3.8, 4) is 0 Å². The van der Waals surface area contributed by atoms with E-state index in [0.717, 1.165) is 17.4 Å². The number of nitrogens with one attached hydrogen (secondary N) is 1. The van der Waals surface area contributed by atoms with Crippen LogP contribution in [0.4, 0.5) is 0 Å². The van der Waals surface area contributed by atoms with Gasteiger partial charge >= 0.3 is 0 Å². The van der Waals surface area contributed by atoms with Gasteiger partial charge in [0.1, 0.15) is 0 Å². The molecule has 0 saturated heterocycles. The maximum atomic E-state index is 12.0. The number of methoxy groups -OCH3 is 1. The van der Waals surface area contributed by atoms with Crippen molar-refractivity contribution in [3.63, 3.8) is 0 Å². The summed E-state index contributed by atoms with van der Waals surface area (Å²) < 4.78 is 10.5. The zero-order chi connectivity index (χ0) is 13.8. The number of para-hydroxylation sites is 1. The van der Waals surface area contributed by atoms with E-state index in [0.29, 0.717) is 29.5 Å². The van der Waals surface area contributed by atoms with Gasteiger partial charge in [0.15, 0.2) is 11.3 Å². The number of rotatable bonds is 5. The summed E-state index contributed by atoms with van der Waals surface area (Å²) in [6, 6.07) is 5.47. The van der Waals surface area contributed by atoms with Gasteiger partial charge in [0, 0.05) is 31.2 Å². The average molecular weight is 282 g/mol. The van der Waals surface area contributed by atoms with E-state index in [2.05, 4.69) is 5.32 Å². The Hall–Kier alpha value is -1.52. The molecule has 4 nitrogen and oxygen atoms in total. The first-order chi connectivity index (χ1) is 9.15. The molecule has 0 unspecified atom stereocenters. The number of carbonyl (C=O) groups is 1. The second-order valence-electron chi connectivity index (χ2n) is 4.27. The van der Waals surface area contributed by atoms with Crippen molar-refractivity contribution in [2.75, 3.05) is 20.3 Å². The summed E-state index contributed by atoms with van der Waals surface area (Å²) in [6.45, 7) is 3.02. The maximum absolute atomic E-state index is 12.0. The third kappa shape index (κ3) is 2.91. The van der Waals surface area contributed by atoms with Gasteiger partial charge in [0.2, 0.25) is 0 Å². The van der Waals surface area contributed by atoms with Crippen molar-refractivity contribution in [1.29, 1.82) is 0 Å². The Balaban J connectivity index is 2.18. The topological polar surface area (TPSA) is 51.5 Å². The minimum atomic E-state index is -0.221. The van der Waals surface area contributed by atoms with Crippen LogP contribution in [0.1, 0.15) is 22.5 Å². The Bertz CT molecular complexity index is 592. The van der Waals surface area contributed by atoms with Crippen LogP contribution in [-0.2, 0) is 4.74 Å². The van der Waals surface area contributed by atoms with Gasteiger partial charge in [-0.25, -0.2) is 0 Å². The van der Waals surface area contributed by atoms with Crippen molar-refractivity contribution in [3.05, 3.63) is 34.5 Å². The maximum Gasteiger partial charge on any atom is 0.287 e. The smallest absolute Gasteiger partial charge is 0.287 e. The summed E-state index contributed by atoms with van der Waals surface area (Å²) in [6.07, 6.45) is 0.766. The molecule has 0 aliphatic rings. The highest BCUT2D eigenvalue weighted by Gasteiger charge is 2.18. The molecule has 2 rings (SSSR count). The van der Waals surface area contributed by atoms with E-state index in [1.54, 1.807) is 13.2 Å². The van der Waals surface area contributed by atoms with E-state index in [-0.39, 0.29) is 5.91 Å². The standard InChI is InChI=1S/C14H16ClNO3/c1-9-10-5-3-6-11(15)13(10)19-12(9)14(17)16-7-4-8-18-2/h3,5-6H,4,7-8H2,1-2H3,(H,16,17). The number of furan rings is 1. The van der Waals surface area contributed by atoms with Crippen molar-refractivity contribution in [2.45, 2.75) is 13.3 Å². The van der Waals surface area contributed by atoms with Crippen LogP contribution in [0.15, 0.2) is 22.6 Å². The lowest BCUT2D eigenvalue weighted by Gasteiger charge is -2.02. The highest BCUT2D eigenvalue weighted by Crippen LogP contribution is 2.30. The number of halogens is 1. The molecule has 5 heteroatoms. The molecule has 1 aromatic carbocycles. The fourth-order valence-electron chi connectivity index (χ4n) is 1.92. The monoisotopic (exact) mass is 281 g/mol. The summed E-state index contributed by atoms with van der Waals surface area (Å²) in [4.78, 5) is 12.0. The summed E-state index contributed by atoms with van der Waals surface area (Å²) in [5.74, 6) is 0.0985. The third-order valence-electron chi connectivity index (χ3n) is 2.93. The molecule has 0 radical (unpaired) electrons. The Labute approximate surface area is 116 Å². The SMILES string of the molecule is COCCCNC(=O)c1oc2c(Cl)cccc2c1C. The molecular formula is C14H16ClNO3. The van der Waals surface area contributed by atoms with Gasteiger partial charge in [0.25, 0.3) is 5.91 Å². The highest BCUT2D eigenvalue weighted by atomic mass is 35.5. The number of fused-ring (bicyclic) bond motifs is 1. The van der Waals surface area contributed by atoms with E-state index in [9.17, 15) is 4.79 Å². The van der Waals surface area contributed by atoms with Crippen LogP contribution >= 0.6 is 11.6 Å². The van der Waals surface area contributed by atoms with Crippen LogP contribution < -0.4 is 5.32 Å². The van der Waals surface area contributed by atoms with Crippen molar-refractivity contribution in [1.82, 2.24) is 5.32 Å². The first-order valence-electron chi connectivity index (χ1n) is 6.10. The van der Waals surface area contributed by atoms with E-state index < -0.39 is 0 Å². The lowest BCUT2D eigenvalue weighted by Crippen LogP contribution is -2.25. The number of carbonyl (C=O) groups excluding carboxylic acids is 1.